The van der Waals surface area contributed by atoms with Gasteiger partial charge in [-0.1, -0.05) is 307 Å². The van der Waals surface area contributed by atoms with Crippen molar-refractivity contribution in [2.24, 2.45) is 0 Å². The van der Waals surface area contributed by atoms with Crippen LogP contribution in [0.3, 0.4) is 0 Å². The topological polar surface area (TPSA) is 168 Å². The maximum atomic E-state index is 4.18. The van der Waals surface area contributed by atoms with Crippen LogP contribution in [0, 0.1) is 0 Å². The summed E-state index contributed by atoms with van der Waals surface area (Å²) in [4.78, 5) is 43.9. The first-order valence-electron chi connectivity index (χ1n) is 41.6. The van der Waals surface area contributed by atoms with Crippen molar-refractivity contribution < 1.29 is 0 Å². The van der Waals surface area contributed by atoms with Crippen LogP contribution in [0.25, 0.3) is 0 Å². The van der Waals surface area contributed by atoms with E-state index < -0.39 is 0 Å². The second kappa shape index (κ2) is 96.4. The zero-order valence-corrected chi connectivity index (χ0v) is 77.9. The lowest BCUT2D eigenvalue weighted by Crippen LogP contribution is -1.90. The molecule has 0 radical (unpaired) electrons. The molecule has 10 aromatic rings. The molecule has 0 aliphatic carbocycles. The molecule has 0 spiro atoms. The van der Waals surface area contributed by atoms with Crippen LogP contribution in [0.5, 0.6) is 0 Å². The SMILES string of the molecule is CC.CC.CC.CC.CC.CC.CC.CC.CC.CC.CC(C)c1ccccn1.CC(C)c1ccccn1.CC(C)c1cccnc1.CC(C)c1cccnc1.CC(C)c1cccnc1.CC(C)c1ccncc1.CC(C)c1ccncc1.CC(C)c1ccncn1.CC(C)c1ccnnc1.CC(C)c1cncnc1. The van der Waals surface area contributed by atoms with Crippen molar-refractivity contribution in [1.29, 1.82) is 0 Å². The Hall–Kier alpha value is -8.71. The zero-order chi connectivity index (χ0) is 86.9. The van der Waals surface area contributed by atoms with Gasteiger partial charge in [0, 0.05) is 116 Å². The smallest absolute Gasteiger partial charge is 0.115 e. The average Bonchev–Trinajstić information content (AvgIpc) is 1.12. The van der Waals surface area contributed by atoms with E-state index >= 15 is 0 Å². The first-order valence-corrected chi connectivity index (χ1v) is 41.6. The molecule has 0 amide bonds. The van der Waals surface area contributed by atoms with Crippen molar-refractivity contribution >= 4 is 0 Å². The van der Waals surface area contributed by atoms with Crippen molar-refractivity contribution in [3.8, 4) is 0 Å². The van der Waals surface area contributed by atoms with Gasteiger partial charge in [0.25, 0.3) is 0 Å². The lowest BCUT2D eigenvalue weighted by atomic mass is 10.1. The highest BCUT2D eigenvalue weighted by molar-refractivity contribution is 5.17. The van der Waals surface area contributed by atoms with Crippen molar-refractivity contribution in [1.82, 2.24) is 65.0 Å². The van der Waals surface area contributed by atoms with Gasteiger partial charge in [0.2, 0.25) is 0 Å². The maximum absolute atomic E-state index is 4.18. The zero-order valence-electron chi connectivity index (χ0n) is 77.9. The van der Waals surface area contributed by atoms with Gasteiger partial charge in [-0.15, -0.1) is 0 Å². The molecular weight excluding hydrogens is 1350 g/mol. The quantitative estimate of drug-likeness (QED) is 0.127. The van der Waals surface area contributed by atoms with E-state index in [4.69, 9.17) is 0 Å². The summed E-state index contributed by atoms with van der Waals surface area (Å²) in [5, 5.41) is 7.43. The van der Waals surface area contributed by atoms with Crippen LogP contribution in [-0.4, -0.2) is 65.0 Å². The number of rotatable bonds is 10. The fourth-order valence-corrected chi connectivity index (χ4v) is 6.98. The average molecular weight is 1520 g/mol. The molecule has 110 heavy (non-hydrogen) atoms. The standard InChI is InChI=1S/7C8H11N.3C7H10N2.10C2H6/c2*1-7(2)8-3-5-9-6-4-8;3*1-7(2)8-4-3-5-9-6-8;2*1-7(2)8-5-3-4-6-9-8;1-6(2)7-3-8-5-9-4-7;1-6(2)7-3-4-8-5-9-7;1-6(2)7-3-4-8-9-5-7;10*1-2/h7*3-7H,1-2H3;3*3-6H,1-2H3;10*1-2H3. The summed E-state index contributed by atoms with van der Waals surface area (Å²) in [6.45, 7) is 83.0. The third kappa shape index (κ3) is 77.4. The first kappa shape index (κ1) is 122. The molecule has 13 heteroatoms. The molecule has 0 bridgehead atoms. The monoisotopic (exact) mass is 1510 g/mol. The molecule has 0 fully saturated rings. The molecule has 0 saturated carbocycles. The minimum atomic E-state index is 0.507. The third-order valence-electron chi connectivity index (χ3n) is 13.1. The van der Waals surface area contributed by atoms with Gasteiger partial charge in [-0.2, -0.15) is 10.2 Å². The molecule has 0 unspecified atom stereocenters. The van der Waals surface area contributed by atoms with E-state index in [1.807, 2.05) is 298 Å². The predicted octanol–water partition coefficient (Wildman–Crippen LogP) is 30.5. The highest BCUT2D eigenvalue weighted by atomic mass is 15.1. The van der Waals surface area contributed by atoms with Crippen molar-refractivity contribution in [3.05, 3.63) is 283 Å². The van der Waals surface area contributed by atoms with Crippen molar-refractivity contribution in [2.45, 2.75) is 336 Å². The van der Waals surface area contributed by atoms with E-state index in [-0.39, 0.29) is 0 Å². The Labute approximate surface area is 680 Å². The Morgan fingerprint density at radius 2 is 0.427 bits per heavy atom. The number of nitrogens with zero attached hydrogens (tertiary/aromatic N) is 13. The van der Waals surface area contributed by atoms with Gasteiger partial charge in [-0.3, -0.25) is 34.9 Å². The molecular formula is C97H167N13. The molecule has 0 aliphatic rings. The Morgan fingerprint density at radius 3 is 0.591 bits per heavy atom. The summed E-state index contributed by atoms with van der Waals surface area (Å²) in [5.74, 6) is 5.72. The van der Waals surface area contributed by atoms with Gasteiger partial charge in [-0.25, -0.2) is 19.9 Å². The van der Waals surface area contributed by atoms with Crippen LogP contribution >= 0.6 is 0 Å². The summed E-state index contributed by atoms with van der Waals surface area (Å²) in [7, 11) is 0. The van der Waals surface area contributed by atoms with Crippen LogP contribution in [0.15, 0.2) is 227 Å². The maximum Gasteiger partial charge on any atom is 0.115 e. The molecule has 0 saturated heterocycles. The first-order chi connectivity index (χ1) is 53.0. The van der Waals surface area contributed by atoms with E-state index in [1.54, 1.807) is 49.8 Å². The van der Waals surface area contributed by atoms with Gasteiger partial charge in [0.05, 0.1) is 6.20 Å². The summed E-state index contributed by atoms with van der Waals surface area (Å²) in [6.07, 6.45) is 34.2. The Kier molecular flexibility index (Phi) is 107. The Balaban J connectivity index is -0.000000123. The summed E-state index contributed by atoms with van der Waals surface area (Å²) < 4.78 is 0. The predicted molar refractivity (Wildman–Crippen MR) is 490 cm³/mol. The van der Waals surface area contributed by atoms with E-state index in [2.05, 4.69) is 222 Å². The largest absolute Gasteiger partial charge is 0.265 e. The lowest BCUT2D eigenvalue weighted by molar-refractivity contribution is 0.814. The molecule has 10 aromatic heterocycles. The summed E-state index contributed by atoms with van der Waals surface area (Å²) in [5.41, 5.74) is 12.5. The summed E-state index contributed by atoms with van der Waals surface area (Å²) >= 11 is 0. The number of aromatic nitrogens is 13. The molecule has 0 aliphatic heterocycles. The molecule has 620 valence electrons. The number of hydrogen-bond acceptors (Lipinski definition) is 13. The second-order valence-electron chi connectivity index (χ2n) is 24.0. The molecule has 13 nitrogen and oxygen atoms in total. The normalized spacial score (nSPS) is 8.82. The highest BCUT2D eigenvalue weighted by Gasteiger charge is 2.01. The van der Waals surface area contributed by atoms with Gasteiger partial charge >= 0.3 is 0 Å². The minimum Gasteiger partial charge on any atom is -0.265 e. The van der Waals surface area contributed by atoms with E-state index in [9.17, 15) is 0 Å². The molecule has 10 rings (SSSR count). The van der Waals surface area contributed by atoms with Gasteiger partial charge in [-0.05, 0) is 177 Å². The number of hydrogen-bond donors (Lipinski definition) is 0. The molecule has 0 N–H and O–H groups in total. The van der Waals surface area contributed by atoms with Crippen LogP contribution in [0.1, 0.15) is 392 Å². The van der Waals surface area contributed by atoms with Gasteiger partial charge in [0.1, 0.15) is 12.7 Å². The molecule has 10 heterocycles. The van der Waals surface area contributed by atoms with E-state index in [0.29, 0.717) is 59.2 Å². The number of pyridine rings is 7. The van der Waals surface area contributed by atoms with E-state index in [0.717, 1.165) is 17.1 Å². The van der Waals surface area contributed by atoms with Crippen LogP contribution < -0.4 is 0 Å². The van der Waals surface area contributed by atoms with Crippen molar-refractivity contribution in [2.75, 3.05) is 0 Å². The van der Waals surface area contributed by atoms with Gasteiger partial charge < -0.3 is 0 Å². The third-order valence-corrected chi connectivity index (χ3v) is 13.1. The fraction of sp³-hybridized carbons (Fsp3) is 0.515. The Morgan fingerprint density at radius 1 is 0.164 bits per heavy atom. The molecule has 0 aromatic carbocycles. The Bertz CT molecular complexity index is 2410. The van der Waals surface area contributed by atoms with Gasteiger partial charge in [0.15, 0.2) is 0 Å². The van der Waals surface area contributed by atoms with E-state index in [1.165, 1.54) is 38.9 Å². The van der Waals surface area contributed by atoms with Crippen molar-refractivity contribution in [3.63, 3.8) is 0 Å². The van der Waals surface area contributed by atoms with Crippen LogP contribution in [0.2, 0.25) is 0 Å². The van der Waals surface area contributed by atoms with Crippen LogP contribution in [0.4, 0.5) is 0 Å². The van der Waals surface area contributed by atoms with Crippen LogP contribution in [-0.2, 0) is 0 Å². The fourth-order valence-electron chi connectivity index (χ4n) is 6.98. The minimum absolute atomic E-state index is 0.507. The second-order valence-corrected chi connectivity index (χ2v) is 24.0. The molecule has 0 atom stereocenters. The highest BCUT2D eigenvalue weighted by Crippen LogP contribution is 2.16. The lowest BCUT2D eigenvalue weighted by Gasteiger charge is -2.01. The summed E-state index contributed by atoms with van der Waals surface area (Å²) in [6, 6.07) is 36.3.